The number of aromatic nitrogens is 4. The Bertz CT molecular complexity index is 1190. The van der Waals surface area contributed by atoms with Crippen LogP contribution in [0, 0.1) is 5.95 Å². The summed E-state index contributed by atoms with van der Waals surface area (Å²) in [5.74, 6) is -0.554. The minimum atomic E-state index is -4.46. The normalized spacial score (nSPS) is 12.8. The van der Waals surface area contributed by atoms with Crippen molar-refractivity contribution in [1.29, 1.82) is 0 Å². The summed E-state index contributed by atoms with van der Waals surface area (Å²) < 4.78 is 51.1. The SMILES string of the molecule is N[C@H](CNc1nnc(-c2ccc3cnc(F)cc3c2)s1)Cc1ccc(C(F)(F)F)nc1. The topological polar surface area (TPSA) is 89.6 Å². The van der Waals surface area contributed by atoms with Gasteiger partial charge in [0.1, 0.15) is 10.7 Å². The fourth-order valence-corrected chi connectivity index (χ4v) is 3.71. The average Bonchev–Trinajstić information content (AvgIpc) is 3.20. The largest absolute Gasteiger partial charge is 0.433 e. The van der Waals surface area contributed by atoms with Crippen LogP contribution in [0.4, 0.5) is 22.7 Å². The summed E-state index contributed by atoms with van der Waals surface area (Å²) >= 11 is 1.32. The highest BCUT2D eigenvalue weighted by atomic mass is 32.1. The third-order valence-electron chi connectivity index (χ3n) is 4.49. The predicted molar refractivity (Wildman–Crippen MR) is 110 cm³/mol. The number of fused-ring (bicyclic) bond motifs is 1. The van der Waals surface area contributed by atoms with Crippen molar-refractivity contribution in [1.82, 2.24) is 20.2 Å². The fraction of sp³-hybridized carbons (Fsp3) is 0.200. The Morgan fingerprint density at radius 3 is 2.58 bits per heavy atom. The van der Waals surface area contributed by atoms with E-state index in [0.717, 1.165) is 17.0 Å². The van der Waals surface area contributed by atoms with Gasteiger partial charge < -0.3 is 11.1 Å². The molecule has 160 valence electrons. The number of nitrogens with two attached hydrogens (primary N) is 1. The van der Waals surface area contributed by atoms with Crippen molar-refractivity contribution in [2.24, 2.45) is 5.73 Å². The standard InChI is InChI=1S/C20H16F4N6S/c21-17-7-14-6-12(2-3-13(14)9-27-17)18-29-30-19(31-18)28-10-15(25)5-11-1-4-16(26-8-11)20(22,23)24/h1-4,6-9,15H,5,10,25H2,(H,28,30)/t15-/m0/s1. The number of rotatable bonds is 6. The van der Waals surface area contributed by atoms with Crippen LogP contribution in [0.5, 0.6) is 0 Å². The quantitative estimate of drug-likeness (QED) is 0.338. The minimum absolute atomic E-state index is 0.351. The lowest BCUT2D eigenvalue weighted by Crippen LogP contribution is -2.31. The van der Waals surface area contributed by atoms with Crippen LogP contribution < -0.4 is 11.1 Å². The van der Waals surface area contributed by atoms with E-state index in [1.807, 2.05) is 18.2 Å². The summed E-state index contributed by atoms with van der Waals surface area (Å²) in [5, 5.41) is 14.1. The minimum Gasteiger partial charge on any atom is -0.359 e. The van der Waals surface area contributed by atoms with Crippen molar-refractivity contribution in [2.75, 3.05) is 11.9 Å². The maximum absolute atomic E-state index is 13.4. The monoisotopic (exact) mass is 448 g/mol. The Kier molecular flexibility index (Phi) is 5.79. The Hall–Kier alpha value is -3.18. The summed E-state index contributed by atoms with van der Waals surface area (Å²) in [6, 6.07) is 8.81. The first-order chi connectivity index (χ1) is 14.8. The zero-order valence-electron chi connectivity index (χ0n) is 15.9. The molecule has 1 aromatic carbocycles. The molecule has 4 rings (SSSR count). The number of anilines is 1. The summed E-state index contributed by atoms with van der Waals surface area (Å²) in [7, 11) is 0. The van der Waals surface area contributed by atoms with E-state index in [2.05, 4.69) is 25.5 Å². The van der Waals surface area contributed by atoms with E-state index in [1.165, 1.54) is 35.9 Å². The highest BCUT2D eigenvalue weighted by Gasteiger charge is 2.32. The molecule has 0 radical (unpaired) electrons. The molecule has 0 aliphatic heterocycles. The highest BCUT2D eigenvalue weighted by Crippen LogP contribution is 2.29. The maximum atomic E-state index is 13.4. The molecule has 0 amide bonds. The van der Waals surface area contributed by atoms with E-state index >= 15 is 0 Å². The number of hydrogen-bond donors (Lipinski definition) is 2. The van der Waals surface area contributed by atoms with Crippen molar-refractivity contribution in [3.05, 3.63) is 66.0 Å². The first kappa shape index (κ1) is 21.1. The van der Waals surface area contributed by atoms with Gasteiger partial charge in [0.15, 0.2) is 0 Å². The van der Waals surface area contributed by atoms with Gasteiger partial charge in [-0.2, -0.15) is 17.6 Å². The van der Waals surface area contributed by atoms with E-state index in [1.54, 1.807) is 0 Å². The van der Waals surface area contributed by atoms with Gasteiger partial charge in [-0.15, -0.1) is 10.2 Å². The molecule has 0 unspecified atom stereocenters. The van der Waals surface area contributed by atoms with E-state index < -0.39 is 17.8 Å². The van der Waals surface area contributed by atoms with Crippen LogP contribution in [-0.4, -0.2) is 32.8 Å². The van der Waals surface area contributed by atoms with Crippen molar-refractivity contribution < 1.29 is 17.6 Å². The summed E-state index contributed by atoms with van der Waals surface area (Å²) in [4.78, 5) is 7.07. The Balaban J connectivity index is 1.37. The smallest absolute Gasteiger partial charge is 0.359 e. The molecule has 11 heteroatoms. The summed E-state index contributed by atoms with van der Waals surface area (Å²) in [6.07, 6.45) is -1.46. The predicted octanol–water partition coefficient (Wildman–Crippen LogP) is 4.29. The molecule has 6 nitrogen and oxygen atoms in total. The molecule has 4 aromatic rings. The Labute approximate surface area is 178 Å². The molecular weight excluding hydrogens is 432 g/mol. The van der Waals surface area contributed by atoms with Gasteiger partial charge in [-0.05, 0) is 29.5 Å². The number of pyridine rings is 2. The van der Waals surface area contributed by atoms with Crippen LogP contribution >= 0.6 is 11.3 Å². The number of nitrogens with one attached hydrogen (secondary N) is 1. The van der Waals surface area contributed by atoms with Crippen molar-refractivity contribution in [2.45, 2.75) is 18.6 Å². The third-order valence-corrected chi connectivity index (χ3v) is 5.42. The van der Waals surface area contributed by atoms with Gasteiger partial charge >= 0.3 is 6.18 Å². The maximum Gasteiger partial charge on any atom is 0.433 e. The summed E-state index contributed by atoms with van der Waals surface area (Å²) in [5.41, 5.74) is 6.55. The van der Waals surface area contributed by atoms with E-state index in [-0.39, 0.29) is 6.04 Å². The lowest BCUT2D eigenvalue weighted by Gasteiger charge is -2.12. The van der Waals surface area contributed by atoms with Gasteiger partial charge in [0.2, 0.25) is 11.1 Å². The van der Waals surface area contributed by atoms with Crippen molar-refractivity contribution >= 4 is 27.2 Å². The molecule has 0 aliphatic carbocycles. The number of alkyl halides is 3. The Morgan fingerprint density at radius 1 is 1.00 bits per heavy atom. The molecule has 31 heavy (non-hydrogen) atoms. The van der Waals surface area contributed by atoms with Gasteiger partial charge in [0.05, 0.1) is 0 Å². The lowest BCUT2D eigenvalue weighted by molar-refractivity contribution is -0.141. The molecule has 0 saturated carbocycles. The van der Waals surface area contributed by atoms with Gasteiger partial charge in [0.25, 0.3) is 0 Å². The van der Waals surface area contributed by atoms with Crippen LogP contribution in [0.25, 0.3) is 21.3 Å². The molecule has 3 aromatic heterocycles. The molecule has 0 spiro atoms. The third kappa shape index (κ3) is 5.12. The van der Waals surface area contributed by atoms with Crippen molar-refractivity contribution in [3.8, 4) is 10.6 Å². The molecule has 0 fully saturated rings. The second kappa shape index (κ2) is 8.52. The Morgan fingerprint density at radius 2 is 1.84 bits per heavy atom. The van der Waals surface area contributed by atoms with Crippen LogP contribution in [0.3, 0.4) is 0 Å². The zero-order chi connectivity index (χ0) is 22.0. The number of halogens is 4. The second-order valence-electron chi connectivity index (χ2n) is 6.88. The second-order valence-corrected chi connectivity index (χ2v) is 7.85. The fourth-order valence-electron chi connectivity index (χ4n) is 2.96. The molecule has 1 atom stereocenters. The van der Waals surface area contributed by atoms with Gasteiger partial charge in [-0.25, -0.2) is 4.98 Å². The molecule has 0 saturated heterocycles. The summed E-state index contributed by atoms with van der Waals surface area (Å²) in [6.45, 7) is 0.351. The van der Waals surface area contributed by atoms with Crippen molar-refractivity contribution in [3.63, 3.8) is 0 Å². The molecular formula is C20H16F4N6S. The van der Waals surface area contributed by atoms with E-state index in [0.29, 0.717) is 34.1 Å². The number of nitrogens with zero attached hydrogens (tertiary/aromatic N) is 4. The van der Waals surface area contributed by atoms with Crippen LogP contribution in [-0.2, 0) is 12.6 Å². The van der Waals surface area contributed by atoms with E-state index in [9.17, 15) is 17.6 Å². The highest BCUT2D eigenvalue weighted by molar-refractivity contribution is 7.18. The molecule has 0 aliphatic rings. The molecule has 3 heterocycles. The lowest BCUT2D eigenvalue weighted by atomic mass is 10.1. The van der Waals surface area contributed by atoms with Gasteiger partial charge in [0, 0.05) is 42.0 Å². The van der Waals surface area contributed by atoms with E-state index in [4.69, 9.17) is 5.73 Å². The first-order valence-corrected chi connectivity index (χ1v) is 10.0. The molecule has 0 bridgehead atoms. The van der Waals surface area contributed by atoms with Crippen LogP contribution in [0.15, 0.2) is 48.8 Å². The van der Waals surface area contributed by atoms with Gasteiger partial charge in [-0.1, -0.05) is 29.5 Å². The number of benzene rings is 1. The van der Waals surface area contributed by atoms with Crippen LogP contribution in [0.2, 0.25) is 0 Å². The molecule has 3 N–H and O–H groups in total. The van der Waals surface area contributed by atoms with Crippen LogP contribution in [0.1, 0.15) is 11.3 Å². The zero-order valence-corrected chi connectivity index (χ0v) is 16.7. The average molecular weight is 448 g/mol. The number of hydrogen-bond acceptors (Lipinski definition) is 7. The first-order valence-electron chi connectivity index (χ1n) is 9.19. The van der Waals surface area contributed by atoms with Gasteiger partial charge in [-0.3, -0.25) is 4.98 Å².